The fourth-order valence-corrected chi connectivity index (χ4v) is 2.43. The zero-order chi connectivity index (χ0) is 15.2. The highest BCUT2D eigenvalue weighted by Crippen LogP contribution is 2.21. The summed E-state index contributed by atoms with van der Waals surface area (Å²) in [5.41, 5.74) is 2.48. The van der Waals surface area contributed by atoms with Crippen molar-refractivity contribution in [2.24, 2.45) is 0 Å². The molecule has 114 valence electrons. The van der Waals surface area contributed by atoms with Crippen molar-refractivity contribution in [1.82, 2.24) is 20.1 Å². The number of likely N-dealkylation sites (N-methyl/N-ethyl adjacent to an activating group) is 1. The fraction of sp³-hybridized carbons (Fsp3) is 0.500. The van der Waals surface area contributed by atoms with Gasteiger partial charge >= 0.3 is 0 Å². The Hall–Kier alpha value is -1.88. The molecular formula is C16H25N5. The van der Waals surface area contributed by atoms with E-state index < -0.39 is 0 Å². The van der Waals surface area contributed by atoms with Gasteiger partial charge in [0.15, 0.2) is 0 Å². The third-order valence-corrected chi connectivity index (χ3v) is 3.66. The van der Waals surface area contributed by atoms with Crippen LogP contribution >= 0.6 is 0 Å². The first-order valence-electron chi connectivity index (χ1n) is 7.47. The quantitative estimate of drug-likeness (QED) is 0.848. The van der Waals surface area contributed by atoms with E-state index in [1.165, 1.54) is 11.3 Å². The molecule has 1 aromatic carbocycles. The Morgan fingerprint density at radius 3 is 2.81 bits per heavy atom. The minimum atomic E-state index is 0.240. The molecule has 21 heavy (non-hydrogen) atoms. The number of benzene rings is 1. The van der Waals surface area contributed by atoms with Gasteiger partial charge in [-0.05, 0) is 31.2 Å². The molecule has 2 rings (SSSR count). The molecule has 0 saturated heterocycles. The molecule has 1 heterocycles. The first kappa shape index (κ1) is 15.5. The van der Waals surface area contributed by atoms with Crippen molar-refractivity contribution in [3.8, 4) is 0 Å². The average molecular weight is 287 g/mol. The van der Waals surface area contributed by atoms with Crippen LogP contribution in [-0.2, 0) is 13.0 Å². The molecule has 0 radical (unpaired) electrons. The number of hydrogen-bond donors (Lipinski definition) is 1. The van der Waals surface area contributed by atoms with E-state index in [2.05, 4.69) is 65.6 Å². The Morgan fingerprint density at radius 2 is 2.14 bits per heavy atom. The van der Waals surface area contributed by atoms with Gasteiger partial charge in [0.25, 0.3) is 0 Å². The van der Waals surface area contributed by atoms with Gasteiger partial charge in [-0.1, -0.05) is 19.1 Å². The molecule has 0 fully saturated rings. The maximum Gasteiger partial charge on any atom is 0.138 e. The van der Waals surface area contributed by atoms with Crippen LogP contribution in [-0.4, -0.2) is 35.9 Å². The van der Waals surface area contributed by atoms with Crippen molar-refractivity contribution >= 4 is 5.69 Å². The molecule has 2 aromatic rings. The number of nitrogens with zero attached hydrogens (tertiary/aromatic N) is 4. The van der Waals surface area contributed by atoms with Crippen molar-refractivity contribution < 1.29 is 0 Å². The molecule has 0 aliphatic rings. The number of anilines is 1. The summed E-state index contributed by atoms with van der Waals surface area (Å²) in [6.45, 7) is 3.07. The molecule has 0 aliphatic heterocycles. The van der Waals surface area contributed by atoms with Gasteiger partial charge in [0.05, 0.1) is 0 Å². The van der Waals surface area contributed by atoms with E-state index in [-0.39, 0.29) is 6.04 Å². The molecule has 0 amide bonds. The summed E-state index contributed by atoms with van der Waals surface area (Å²) in [4.78, 5) is 6.53. The summed E-state index contributed by atoms with van der Waals surface area (Å²) in [6, 6.07) is 8.85. The minimum Gasteiger partial charge on any atom is -0.378 e. The monoisotopic (exact) mass is 287 g/mol. The molecule has 0 aliphatic carbocycles. The van der Waals surface area contributed by atoms with Gasteiger partial charge in [0, 0.05) is 38.8 Å². The maximum absolute atomic E-state index is 4.41. The van der Waals surface area contributed by atoms with Gasteiger partial charge in [0.1, 0.15) is 12.2 Å². The van der Waals surface area contributed by atoms with Crippen molar-refractivity contribution in [2.75, 3.05) is 26.0 Å². The van der Waals surface area contributed by atoms with Crippen molar-refractivity contribution in [2.45, 2.75) is 32.4 Å². The Bertz CT molecular complexity index is 561. The first-order valence-corrected chi connectivity index (χ1v) is 7.47. The summed E-state index contributed by atoms with van der Waals surface area (Å²) in [7, 11) is 6.12. The van der Waals surface area contributed by atoms with Crippen LogP contribution in [0.2, 0.25) is 0 Å². The summed E-state index contributed by atoms with van der Waals surface area (Å²) in [5.74, 6) is 1.03. The molecule has 5 heteroatoms. The number of aryl methyl sites for hydroxylation is 1. The van der Waals surface area contributed by atoms with Crippen LogP contribution in [0.25, 0.3) is 0 Å². The maximum atomic E-state index is 4.41. The Labute approximate surface area is 127 Å². The predicted molar refractivity (Wildman–Crippen MR) is 86.6 cm³/mol. The van der Waals surface area contributed by atoms with Gasteiger partial charge in [-0.25, -0.2) is 4.98 Å². The number of rotatable bonds is 7. The van der Waals surface area contributed by atoms with E-state index in [0.29, 0.717) is 0 Å². The molecule has 0 bridgehead atoms. The average Bonchev–Trinajstić information content (AvgIpc) is 2.92. The highest BCUT2D eigenvalue weighted by Gasteiger charge is 2.14. The molecule has 1 atom stereocenters. The third kappa shape index (κ3) is 3.82. The molecule has 1 unspecified atom stereocenters. The smallest absolute Gasteiger partial charge is 0.138 e. The lowest BCUT2D eigenvalue weighted by atomic mass is 10.0. The number of hydrogen-bond acceptors (Lipinski definition) is 4. The van der Waals surface area contributed by atoms with E-state index in [0.717, 1.165) is 25.2 Å². The second-order valence-corrected chi connectivity index (χ2v) is 5.43. The van der Waals surface area contributed by atoms with Gasteiger partial charge in [-0.3, -0.25) is 4.68 Å². The van der Waals surface area contributed by atoms with E-state index in [1.54, 1.807) is 6.33 Å². The van der Waals surface area contributed by atoms with Crippen LogP contribution in [0.3, 0.4) is 0 Å². The van der Waals surface area contributed by atoms with Crippen molar-refractivity contribution in [3.63, 3.8) is 0 Å². The normalized spacial score (nSPS) is 12.4. The van der Waals surface area contributed by atoms with Crippen LogP contribution in [0.1, 0.15) is 30.8 Å². The number of nitrogens with one attached hydrogen (secondary N) is 1. The van der Waals surface area contributed by atoms with Crippen LogP contribution in [0.15, 0.2) is 30.6 Å². The highest BCUT2D eigenvalue weighted by atomic mass is 15.3. The minimum absolute atomic E-state index is 0.240. The molecule has 0 saturated carbocycles. The molecule has 1 N–H and O–H groups in total. The van der Waals surface area contributed by atoms with Gasteiger partial charge in [-0.15, -0.1) is 0 Å². The molecule has 5 nitrogen and oxygen atoms in total. The summed E-state index contributed by atoms with van der Waals surface area (Å²) in [6.07, 6.45) is 3.55. The topological polar surface area (TPSA) is 46.0 Å². The highest BCUT2D eigenvalue weighted by molar-refractivity contribution is 5.47. The lowest BCUT2D eigenvalue weighted by Gasteiger charge is -2.19. The van der Waals surface area contributed by atoms with E-state index in [1.807, 2.05) is 11.7 Å². The van der Waals surface area contributed by atoms with Gasteiger partial charge < -0.3 is 10.2 Å². The number of aromatic nitrogens is 3. The lowest BCUT2D eigenvalue weighted by molar-refractivity contribution is 0.517. The molecule has 1 aromatic heterocycles. The van der Waals surface area contributed by atoms with Crippen LogP contribution in [0, 0.1) is 0 Å². The third-order valence-electron chi connectivity index (χ3n) is 3.66. The van der Waals surface area contributed by atoms with Gasteiger partial charge in [0.2, 0.25) is 0 Å². The van der Waals surface area contributed by atoms with Crippen molar-refractivity contribution in [3.05, 3.63) is 42.0 Å². The largest absolute Gasteiger partial charge is 0.378 e. The fourth-order valence-electron chi connectivity index (χ4n) is 2.43. The SMILES string of the molecule is CCCn1ncnc1CC(NC)c1cccc(N(C)C)c1. The Balaban J connectivity index is 2.19. The predicted octanol–water partition coefficient (Wildman–Crippen LogP) is 2.26. The second kappa shape index (κ2) is 7.22. The van der Waals surface area contributed by atoms with Crippen LogP contribution in [0.4, 0.5) is 5.69 Å². The summed E-state index contributed by atoms with van der Waals surface area (Å²) < 4.78 is 2.00. The molecular weight excluding hydrogens is 262 g/mol. The Kier molecular flexibility index (Phi) is 5.33. The van der Waals surface area contributed by atoms with Crippen molar-refractivity contribution in [1.29, 1.82) is 0 Å². The second-order valence-electron chi connectivity index (χ2n) is 5.43. The summed E-state index contributed by atoms with van der Waals surface area (Å²) in [5, 5.41) is 7.69. The van der Waals surface area contributed by atoms with Crippen LogP contribution < -0.4 is 10.2 Å². The standard InChI is InChI=1S/C16H25N5/c1-5-9-21-16(18-12-19-21)11-15(17-2)13-7-6-8-14(10-13)20(3)4/h6-8,10,12,15,17H,5,9,11H2,1-4H3. The zero-order valence-corrected chi connectivity index (χ0v) is 13.4. The van der Waals surface area contributed by atoms with E-state index >= 15 is 0 Å². The zero-order valence-electron chi connectivity index (χ0n) is 13.4. The van der Waals surface area contributed by atoms with Gasteiger partial charge in [-0.2, -0.15) is 5.10 Å². The summed E-state index contributed by atoms with van der Waals surface area (Å²) >= 11 is 0. The van der Waals surface area contributed by atoms with E-state index in [9.17, 15) is 0 Å². The first-order chi connectivity index (χ1) is 10.2. The Morgan fingerprint density at radius 1 is 1.33 bits per heavy atom. The molecule has 0 spiro atoms. The lowest BCUT2D eigenvalue weighted by Crippen LogP contribution is -2.21. The van der Waals surface area contributed by atoms with Crippen LogP contribution in [0.5, 0.6) is 0 Å². The van der Waals surface area contributed by atoms with E-state index in [4.69, 9.17) is 0 Å².